The van der Waals surface area contributed by atoms with Crippen LogP contribution >= 0.6 is 36.2 Å². The monoisotopic (exact) mass is 682 g/mol. The molecule has 0 spiro atoms. The average molecular weight is 684 g/mol. The maximum Gasteiger partial charge on any atom is 0.344 e. The van der Waals surface area contributed by atoms with Crippen LogP contribution < -0.4 is 25.0 Å². The number of aromatic nitrogens is 4. The minimum Gasteiger partial charge on any atom is -0.488 e. The molecule has 3 heterocycles. The van der Waals surface area contributed by atoms with E-state index < -0.39 is 11.6 Å². The van der Waals surface area contributed by atoms with Gasteiger partial charge in [0, 0.05) is 43.1 Å². The summed E-state index contributed by atoms with van der Waals surface area (Å²) in [6.07, 6.45) is 6.34. The minimum absolute atomic E-state index is 0. The van der Waals surface area contributed by atoms with Gasteiger partial charge in [-0.3, -0.25) is 0 Å². The summed E-state index contributed by atoms with van der Waals surface area (Å²) in [5.41, 5.74) is 1.95. The number of ether oxygens (including phenoxy) is 3. The molecule has 0 aliphatic heterocycles. The van der Waals surface area contributed by atoms with Crippen LogP contribution in [0.4, 0.5) is 16.6 Å². The van der Waals surface area contributed by atoms with E-state index in [0.717, 1.165) is 53.5 Å². The lowest BCUT2D eigenvalue weighted by molar-refractivity contribution is -0.157. The normalized spacial score (nSPS) is 11.1. The minimum atomic E-state index is -0.614. The van der Waals surface area contributed by atoms with E-state index >= 15 is 0 Å². The van der Waals surface area contributed by atoms with Crippen molar-refractivity contribution in [3.05, 3.63) is 47.9 Å². The summed E-state index contributed by atoms with van der Waals surface area (Å²) in [5.74, 6) is 1.13. The molecule has 4 aromatic rings. The van der Waals surface area contributed by atoms with E-state index in [2.05, 4.69) is 42.5 Å². The third-order valence-corrected chi connectivity index (χ3v) is 7.25. The number of rotatable bonds is 16. The smallest absolute Gasteiger partial charge is 0.344 e. The van der Waals surface area contributed by atoms with Crippen molar-refractivity contribution in [1.82, 2.24) is 30.2 Å². The van der Waals surface area contributed by atoms with Crippen LogP contribution in [0.15, 0.2) is 42.3 Å². The van der Waals surface area contributed by atoms with E-state index in [1.807, 2.05) is 63.5 Å². The van der Waals surface area contributed by atoms with E-state index in [0.29, 0.717) is 30.5 Å². The zero-order valence-electron chi connectivity index (χ0n) is 26.6. The lowest BCUT2D eigenvalue weighted by Crippen LogP contribution is -2.27. The first-order chi connectivity index (χ1) is 20.6. The van der Waals surface area contributed by atoms with Gasteiger partial charge in [0.25, 0.3) is 0 Å². The quantitative estimate of drug-likeness (QED) is 0.105. The lowest BCUT2D eigenvalue weighted by atomic mass is 10.2. The van der Waals surface area contributed by atoms with Gasteiger partial charge in [-0.25, -0.2) is 19.7 Å². The second-order valence-corrected chi connectivity index (χ2v) is 12.1. The summed E-state index contributed by atoms with van der Waals surface area (Å²) in [7, 11) is 6.03. The fraction of sp³-hybridized carbons (Fsp3) is 0.467. The topological polar surface area (TPSA) is 130 Å². The van der Waals surface area contributed by atoms with Gasteiger partial charge in [-0.05, 0) is 72.1 Å². The third kappa shape index (κ3) is 11.5. The zero-order chi connectivity index (χ0) is 30.8. The van der Waals surface area contributed by atoms with E-state index in [1.54, 1.807) is 23.6 Å². The molecule has 0 bridgehead atoms. The lowest BCUT2D eigenvalue weighted by Gasteiger charge is -2.21. The summed E-state index contributed by atoms with van der Waals surface area (Å²) in [5, 5.41) is 10.4. The van der Waals surface area contributed by atoms with Crippen molar-refractivity contribution >= 4 is 69.8 Å². The molecule has 0 unspecified atom stereocenters. The van der Waals surface area contributed by atoms with Crippen LogP contribution in [0.3, 0.4) is 0 Å². The molecule has 4 rings (SSSR count). The van der Waals surface area contributed by atoms with E-state index in [9.17, 15) is 4.79 Å². The molecule has 0 amide bonds. The molecule has 0 saturated heterocycles. The Bertz CT molecular complexity index is 1470. The Morgan fingerprint density at radius 2 is 1.87 bits per heavy atom. The first kappa shape index (κ1) is 37.8. The Morgan fingerprint density at radius 1 is 1.07 bits per heavy atom. The Balaban J connectivity index is 0.00000353. The summed E-state index contributed by atoms with van der Waals surface area (Å²) in [4.78, 5) is 33.3. The predicted molar refractivity (Wildman–Crippen MR) is 185 cm³/mol. The average Bonchev–Trinajstić information content (AvgIpc) is 3.63. The highest BCUT2D eigenvalue weighted by Gasteiger charge is 2.19. The first-order valence-corrected chi connectivity index (χ1v) is 15.1. The van der Waals surface area contributed by atoms with Crippen molar-refractivity contribution < 1.29 is 19.0 Å². The Morgan fingerprint density at radius 3 is 2.58 bits per heavy atom. The number of aromatic amines is 1. The number of H-pyrrole nitrogens is 1. The van der Waals surface area contributed by atoms with Gasteiger partial charge < -0.3 is 39.6 Å². The standard InChI is InChI=1S/C30H42N8O4S.2ClH/c1-30(2,3)42-25(39)19-41-24-16-22(8-9-23(24)40-14-13-38(6)29-32-11-15-43-29)36-28-26-21(17-33-27(26)34-20-35-28)18-37(5)12-7-10-31-4;;/h8-9,11,15-17,20,31H,7,10,12-14,18-19H2,1-6H3,(H2,33,34,35,36);2*1H. The van der Waals surface area contributed by atoms with Crippen LogP contribution in [0.1, 0.15) is 32.8 Å². The second kappa shape index (κ2) is 18.0. The number of likely N-dealkylation sites (N-methyl/N-ethyl adjacent to an activating group) is 1. The summed E-state index contributed by atoms with van der Waals surface area (Å²) < 4.78 is 17.5. The molecule has 12 nitrogen and oxygen atoms in total. The molecule has 0 radical (unpaired) electrons. The molecule has 3 aromatic heterocycles. The van der Waals surface area contributed by atoms with Gasteiger partial charge in [-0.15, -0.1) is 36.2 Å². The number of thiazole rings is 1. The van der Waals surface area contributed by atoms with Crippen molar-refractivity contribution in [2.24, 2.45) is 0 Å². The van der Waals surface area contributed by atoms with Crippen LogP contribution in [0.25, 0.3) is 11.0 Å². The number of carbonyl (C=O) groups is 1. The fourth-order valence-corrected chi connectivity index (χ4v) is 5.03. The number of nitrogens with zero attached hydrogens (tertiary/aromatic N) is 5. The first-order valence-electron chi connectivity index (χ1n) is 14.3. The van der Waals surface area contributed by atoms with Crippen molar-refractivity contribution in [1.29, 1.82) is 0 Å². The van der Waals surface area contributed by atoms with Crippen molar-refractivity contribution in [3.8, 4) is 11.5 Å². The van der Waals surface area contributed by atoms with Gasteiger partial charge in [-0.1, -0.05) is 0 Å². The van der Waals surface area contributed by atoms with Crippen LogP contribution in [-0.2, 0) is 16.1 Å². The predicted octanol–water partition coefficient (Wildman–Crippen LogP) is 5.28. The molecule has 0 aliphatic carbocycles. The Hall–Kier alpha value is -3.36. The fourth-order valence-electron chi connectivity index (χ4n) is 4.40. The number of hydrogen-bond donors (Lipinski definition) is 3. The molecular weight excluding hydrogens is 639 g/mol. The molecule has 3 N–H and O–H groups in total. The highest BCUT2D eigenvalue weighted by atomic mass is 35.5. The SMILES string of the molecule is CNCCCN(C)Cc1c[nH]c2ncnc(Nc3ccc(OCCN(C)c4nccs4)c(OCC(=O)OC(C)(C)C)c3)c12.Cl.Cl. The van der Waals surface area contributed by atoms with Gasteiger partial charge in [0.05, 0.1) is 11.9 Å². The number of anilines is 3. The molecule has 0 aliphatic rings. The van der Waals surface area contributed by atoms with Crippen LogP contribution in [0, 0.1) is 0 Å². The molecule has 0 fully saturated rings. The summed E-state index contributed by atoms with van der Waals surface area (Å²) >= 11 is 1.57. The number of carbonyl (C=O) groups excluding carboxylic acids is 1. The summed E-state index contributed by atoms with van der Waals surface area (Å²) in [6.45, 7) is 8.90. The number of halogens is 2. The zero-order valence-corrected chi connectivity index (χ0v) is 29.0. The number of hydrogen-bond acceptors (Lipinski definition) is 12. The molecular formula is C30H44Cl2N8O4S. The molecule has 0 atom stereocenters. The van der Waals surface area contributed by atoms with Crippen molar-refractivity contribution in [2.45, 2.75) is 39.3 Å². The van der Waals surface area contributed by atoms with Gasteiger partial charge in [0.1, 0.15) is 30.0 Å². The molecule has 0 saturated carbocycles. The van der Waals surface area contributed by atoms with Crippen LogP contribution in [0.5, 0.6) is 11.5 Å². The highest BCUT2D eigenvalue weighted by Crippen LogP contribution is 2.34. The number of esters is 1. The van der Waals surface area contributed by atoms with E-state index in [1.165, 1.54) is 6.33 Å². The van der Waals surface area contributed by atoms with Crippen molar-refractivity contribution in [2.75, 3.05) is 64.2 Å². The van der Waals surface area contributed by atoms with E-state index in [-0.39, 0.29) is 31.4 Å². The van der Waals surface area contributed by atoms with Crippen LogP contribution in [-0.4, -0.2) is 90.4 Å². The number of benzene rings is 1. The summed E-state index contributed by atoms with van der Waals surface area (Å²) in [6, 6.07) is 5.51. The maximum absolute atomic E-state index is 12.4. The second-order valence-electron chi connectivity index (χ2n) is 11.2. The van der Waals surface area contributed by atoms with Gasteiger partial charge in [-0.2, -0.15) is 0 Å². The molecule has 248 valence electrons. The number of fused-ring (bicyclic) bond motifs is 1. The van der Waals surface area contributed by atoms with Crippen LogP contribution in [0.2, 0.25) is 0 Å². The van der Waals surface area contributed by atoms with Crippen molar-refractivity contribution in [3.63, 3.8) is 0 Å². The van der Waals surface area contributed by atoms with Gasteiger partial charge in [0.2, 0.25) is 0 Å². The third-order valence-electron chi connectivity index (χ3n) is 6.36. The van der Waals surface area contributed by atoms with Gasteiger partial charge in [0.15, 0.2) is 23.2 Å². The Labute approximate surface area is 281 Å². The molecule has 1 aromatic carbocycles. The largest absolute Gasteiger partial charge is 0.488 e. The number of nitrogens with one attached hydrogen (secondary N) is 3. The van der Waals surface area contributed by atoms with Gasteiger partial charge >= 0.3 is 5.97 Å². The van der Waals surface area contributed by atoms with E-state index in [4.69, 9.17) is 14.2 Å². The molecule has 15 heteroatoms. The Kier molecular flexibility index (Phi) is 15.1. The maximum atomic E-state index is 12.4. The molecule has 45 heavy (non-hydrogen) atoms. The highest BCUT2D eigenvalue weighted by molar-refractivity contribution is 7.13.